The molecule has 1 saturated heterocycles. The molecule has 0 spiro atoms. The fraction of sp³-hybridized carbons (Fsp3) is 0.353. The minimum absolute atomic E-state index is 0.194. The second-order valence-electron chi connectivity index (χ2n) is 5.83. The van der Waals surface area contributed by atoms with Crippen LogP contribution in [0, 0.1) is 5.41 Å². The molecule has 0 saturated carbocycles. The molecule has 3 rings (SSSR count). The summed E-state index contributed by atoms with van der Waals surface area (Å²) in [6, 6.07) is 8.07. The number of rotatable bonds is 5. The van der Waals surface area contributed by atoms with Gasteiger partial charge in [-0.25, -0.2) is 14.4 Å². The smallest absolute Gasteiger partial charge is 0.225 e. The van der Waals surface area contributed by atoms with E-state index in [9.17, 15) is 4.39 Å². The first-order valence-corrected chi connectivity index (χ1v) is 7.75. The first kappa shape index (κ1) is 15.4. The summed E-state index contributed by atoms with van der Waals surface area (Å²) in [5.74, 6) is 0.779. The summed E-state index contributed by atoms with van der Waals surface area (Å²) in [5, 5.41) is 7.31. The maximum Gasteiger partial charge on any atom is 0.225 e. The predicted octanol–water partition coefficient (Wildman–Crippen LogP) is 2.56. The third-order valence-corrected chi connectivity index (χ3v) is 4.00. The van der Waals surface area contributed by atoms with Gasteiger partial charge in [-0.3, -0.25) is 5.41 Å². The number of alkyl halides is 1. The number of halogens is 1. The fourth-order valence-corrected chi connectivity index (χ4v) is 2.72. The van der Waals surface area contributed by atoms with Gasteiger partial charge in [-0.2, -0.15) is 0 Å². The van der Waals surface area contributed by atoms with Crippen molar-refractivity contribution in [3.63, 3.8) is 0 Å². The molecule has 2 heterocycles. The lowest BCUT2D eigenvalue weighted by atomic mass is 10.0. The number of nitrogens with two attached hydrogens (primary N) is 1. The van der Waals surface area contributed by atoms with Crippen molar-refractivity contribution in [1.82, 2.24) is 9.97 Å². The van der Waals surface area contributed by atoms with Crippen molar-refractivity contribution in [3.8, 4) is 11.1 Å². The van der Waals surface area contributed by atoms with Crippen LogP contribution in [0.25, 0.3) is 11.1 Å². The zero-order valence-electron chi connectivity index (χ0n) is 12.9. The molecule has 5 nitrogen and oxygen atoms in total. The van der Waals surface area contributed by atoms with Crippen molar-refractivity contribution < 1.29 is 4.39 Å². The van der Waals surface area contributed by atoms with E-state index in [-0.39, 0.29) is 5.84 Å². The van der Waals surface area contributed by atoms with Crippen molar-refractivity contribution in [2.45, 2.75) is 25.4 Å². The van der Waals surface area contributed by atoms with Gasteiger partial charge in [-0.1, -0.05) is 24.3 Å². The van der Waals surface area contributed by atoms with Crippen molar-refractivity contribution in [2.75, 3.05) is 18.0 Å². The maximum atomic E-state index is 13.3. The summed E-state index contributed by atoms with van der Waals surface area (Å²) in [4.78, 5) is 10.6. The number of hydrogen-bond acceptors (Lipinski definition) is 4. The van der Waals surface area contributed by atoms with Crippen LogP contribution < -0.4 is 10.6 Å². The van der Waals surface area contributed by atoms with Gasteiger partial charge in [0.05, 0.1) is 12.4 Å². The molecule has 0 bridgehead atoms. The molecule has 3 N–H and O–H groups in total. The van der Waals surface area contributed by atoms with Crippen LogP contribution in [0.5, 0.6) is 0 Å². The zero-order valence-corrected chi connectivity index (χ0v) is 12.9. The Kier molecular flexibility index (Phi) is 4.50. The van der Waals surface area contributed by atoms with Crippen LogP contribution in [-0.4, -0.2) is 35.1 Å². The topological polar surface area (TPSA) is 78.9 Å². The molecule has 23 heavy (non-hydrogen) atoms. The number of benzene rings is 1. The summed E-state index contributed by atoms with van der Waals surface area (Å²) in [6.45, 7) is 1.04. The Labute approximate surface area is 134 Å². The number of nitrogens with one attached hydrogen (secondary N) is 1. The van der Waals surface area contributed by atoms with Gasteiger partial charge in [0, 0.05) is 30.9 Å². The van der Waals surface area contributed by atoms with E-state index in [4.69, 9.17) is 11.1 Å². The Hall–Kier alpha value is -2.50. The van der Waals surface area contributed by atoms with E-state index in [1.54, 1.807) is 12.4 Å². The van der Waals surface area contributed by atoms with E-state index in [2.05, 4.69) is 16.0 Å². The van der Waals surface area contributed by atoms with Gasteiger partial charge in [-0.15, -0.1) is 0 Å². The largest absolute Gasteiger partial charge is 0.388 e. The maximum absolute atomic E-state index is 13.3. The average molecular weight is 313 g/mol. The quantitative estimate of drug-likeness (QED) is 0.657. The van der Waals surface area contributed by atoms with E-state index in [1.165, 1.54) is 0 Å². The lowest BCUT2D eigenvalue weighted by Gasteiger charge is -2.14. The molecule has 0 unspecified atom stereocenters. The van der Waals surface area contributed by atoms with Gasteiger partial charge in [0.25, 0.3) is 0 Å². The number of anilines is 1. The highest BCUT2D eigenvalue weighted by Gasteiger charge is 2.23. The number of aromatic nitrogens is 2. The first-order valence-electron chi connectivity index (χ1n) is 7.75. The van der Waals surface area contributed by atoms with Gasteiger partial charge < -0.3 is 10.6 Å². The van der Waals surface area contributed by atoms with Gasteiger partial charge in [0.1, 0.15) is 6.17 Å². The van der Waals surface area contributed by atoms with Crippen LogP contribution in [-0.2, 0) is 6.42 Å². The Balaban J connectivity index is 1.74. The summed E-state index contributed by atoms with van der Waals surface area (Å²) >= 11 is 0. The SMILES string of the molecule is N=C(N)CCc1cccc(-c2cnc(N3CC[C@H](F)C3)nc2)c1. The molecule has 1 atom stereocenters. The molecular weight excluding hydrogens is 293 g/mol. The van der Waals surface area contributed by atoms with Gasteiger partial charge in [0.15, 0.2) is 0 Å². The highest BCUT2D eigenvalue weighted by atomic mass is 19.1. The zero-order chi connectivity index (χ0) is 16.2. The number of hydrogen-bond donors (Lipinski definition) is 2. The lowest BCUT2D eigenvalue weighted by molar-refractivity contribution is 0.364. The van der Waals surface area contributed by atoms with Crippen LogP contribution in [0.15, 0.2) is 36.7 Å². The molecule has 1 aliphatic heterocycles. The molecule has 1 fully saturated rings. The molecule has 0 aliphatic carbocycles. The number of aryl methyl sites for hydroxylation is 1. The van der Waals surface area contributed by atoms with Crippen molar-refractivity contribution in [2.24, 2.45) is 5.73 Å². The summed E-state index contributed by atoms with van der Waals surface area (Å²) in [7, 11) is 0. The summed E-state index contributed by atoms with van der Waals surface area (Å²) in [6.07, 6.45) is 4.61. The highest BCUT2D eigenvalue weighted by Crippen LogP contribution is 2.22. The normalized spacial score (nSPS) is 17.4. The standard InChI is InChI=1S/C17H20FN5/c18-15-6-7-23(11-15)17-21-9-14(10-22-17)13-3-1-2-12(8-13)4-5-16(19)20/h1-3,8-10,15H,4-7,11H2,(H3,19,20)/t15-/m0/s1. The third kappa shape index (κ3) is 3.83. The van der Waals surface area contributed by atoms with E-state index < -0.39 is 6.17 Å². The van der Waals surface area contributed by atoms with E-state index >= 15 is 0 Å². The Morgan fingerprint density at radius 3 is 2.74 bits per heavy atom. The molecule has 0 amide bonds. The molecule has 1 aromatic carbocycles. The minimum Gasteiger partial charge on any atom is -0.388 e. The molecule has 6 heteroatoms. The monoisotopic (exact) mass is 313 g/mol. The van der Waals surface area contributed by atoms with Crippen LogP contribution in [0.3, 0.4) is 0 Å². The van der Waals surface area contributed by atoms with Crippen molar-refractivity contribution in [1.29, 1.82) is 5.41 Å². The van der Waals surface area contributed by atoms with Gasteiger partial charge >= 0.3 is 0 Å². The molecule has 1 aliphatic rings. The number of nitrogens with zero attached hydrogens (tertiary/aromatic N) is 3. The van der Waals surface area contributed by atoms with Gasteiger partial charge in [-0.05, 0) is 24.0 Å². The Bertz CT molecular complexity index is 686. The van der Waals surface area contributed by atoms with Crippen LogP contribution >= 0.6 is 0 Å². The van der Waals surface area contributed by atoms with Crippen molar-refractivity contribution in [3.05, 3.63) is 42.2 Å². The predicted molar refractivity (Wildman–Crippen MR) is 89.4 cm³/mol. The fourth-order valence-electron chi connectivity index (χ4n) is 2.72. The van der Waals surface area contributed by atoms with Crippen LogP contribution in [0.1, 0.15) is 18.4 Å². The van der Waals surface area contributed by atoms with E-state index in [0.29, 0.717) is 31.9 Å². The van der Waals surface area contributed by atoms with Gasteiger partial charge in [0.2, 0.25) is 5.95 Å². The Morgan fingerprint density at radius 1 is 1.30 bits per heavy atom. The first-order chi connectivity index (χ1) is 11.1. The summed E-state index contributed by atoms with van der Waals surface area (Å²) in [5.41, 5.74) is 8.49. The summed E-state index contributed by atoms with van der Waals surface area (Å²) < 4.78 is 13.3. The molecule has 0 radical (unpaired) electrons. The number of amidine groups is 1. The second kappa shape index (κ2) is 6.73. The lowest BCUT2D eigenvalue weighted by Crippen LogP contribution is -2.22. The molecule has 120 valence electrons. The van der Waals surface area contributed by atoms with Crippen LogP contribution in [0.4, 0.5) is 10.3 Å². The molecule has 2 aromatic rings. The van der Waals surface area contributed by atoms with Crippen LogP contribution in [0.2, 0.25) is 0 Å². The van der Waals surface area contributed by atoms with E-state index in [0.717, 1.165) is 23.1 Å². The van der Waals surface area contributed by atoms with E-state index in [1.807, 2.05) is 23.1 Å². The Morgan fingerprint density at radius 2 is 2.09 bits per heavy atom. The second-order valence-corrected chi connectivity index (χ2v) is 5.83. The highest BCUT2D eigenvalue weighted by molar-refractivity contribution is 5.77. The molecular formula is C17H20FN5. The third-order valence-electron chi connectivity index (χ3n) is 4.00. The molecule has 1 aromatic heterocycles. The minimum atomic E-state index is -0.781. The average Bonchev–Trinajstić information content (AvgIpc) is 3.00. The van der Waals surface area contributed by atoms with Crippen molar-refractivity contribution >= 4 is 11.8 Å².